The summed E-state index contributed by atoms with van der Waals surface area (Å²) in [5.41, 5.74) is 0.829. The lowest BCUT2D eigenvalue weighted by Gasteiger charge is -2.10. The van der Waals surface area contributed by atoms with Crippen molar-refractivity contribution in [1.29, 1.82) is 0 Å². The first-order chi connectivity index (χ1) is 9.17. The molecule has 0 radical (unpaired) electrons. The zero-order chi connectivity index (χ0) is 13.8. The van der Waals surface area contributed by atoms with Crippen molar-refractivity contribution in [3.8, 4) is 11.4 Å². The van der Waals surface area contributed by atoms with Crippen molar-refractivity contribution in [2.75, 3.05) is 13.7 Å². The van der Waals surface area contributed by atoms with E-state index in [0.717, 1.165) is 10.0 Å². The van der Waals surface area contributed by atoms with Gasteiger partial charge in [-0.2, -0.15) is 0 Å². The Morgan fingerprint density at radius 2 is 2.21 bits per heavy atom. The molecule has 0 spiro atoms. The zero-order valence-corrected chi connectivity index (χ0v) is 12.6. The van der Waals surface area contributed by atoms with E-state index >= 15 is 0 Å². The zero-order valence-electron chi connectivity index (χ0n) is 10.3. The van der Waals surface area contributed by atoms with E-state index in [-0.39, 0.29) is 6.61 Å². The van der Waals surface area contributed by atoms with Gasteiger partial charge in [-0.15, -0.1) is 10.2 Å². The minimum atomic E-state index is -0.172. The van der Waals surface area contributed by atoms with Gasteiger partial charge >= 0.3 is 0 Å². The lowest BCUT2D eigenvalue weighted by molar-refractivity contribution is 0.183. The van der Waals surface area contributed by atoms with Crippen molar-refractivity contribution in [3.05, 3.63) is 33.5 Å². The van der Waals surface area contributed by atoms with Gasteiger partial charge in [0.1, 0.15) is 6.61 Å². The second kappa shape index (κ2) is 6.47. The van der Waals surface area contributed by atoms with Gasteiger partial charge in [-0.3, -0.25) is 0 Å². The molecule has 0 atom stereocenters. The third kappa shape index (κ3) is 3.14. The summed E-state index contributed by atoms with van der Waals surface area (Å²) in [5.74, 6) is 1.15. The number of methoxy groups -OCH3 is 1. The van der Waals surface area contributed by atoms with Crippen LogP contribution in [-0.4, -0.2) is 33.6 Å². The van der Waals surface area contributed by atoms with Crippen molar-refractivity contribution in [2.45, 2.75) is 13.2 Å². The number of halogens is 2. The summed E-state index contributed by atoms with van der Waals surface area (Å²) in [6.45, 7) is 0.902. The van der Waals surface area contributed by atoms with Gasteiger partial charge in [0.15, 0.2) is 11.6 Å². The highest BCUT2D eigenvalue weighted by molar-refractivity contribution is 9.10. The minimum Gasteiger partial charge on any atom is -0.388 e. The molecule has 1 N–H and O–H groups in total. The highest BCUT2D eigenvalue weighted by atomic mass is 79.9. The second-order valence-corrected chi connectivity index (χ2v) is 5.16. The molecule has 0 aliphatic carbocycles. The summed E-state index contributed by atoms with van der Waals surface area (Å²) >= 11 is 9.48. The van der Waals surface area contributed by atoms with Gasteiger partial charge in [-0.25, -0.2) is 0 Å². The van der Waals surface area contributed by atoms with Crippen LogP contribution in [0.5, 0.6) is 0 Å². The van der Waals surface area contributed by atoms with Crippen LogP contribution in [0.4, 0.5) is 0 Å². The number of rotatable bonds is 5. The van der Waals surface area contributed by atoms with Gasteiger partial charge in [0.25, 0.3) is 0 Å². The summed E-state index contributed by atoms with van der Waals surface area (Å²) in [7, 11) is 1.62. The van der Waals surface area contributed by atoms with Gasteiger partial charge < -0.3 is 14.4 Å². The Morgan fingerprint density at radius 3 is 2.89 bits per heavy atom. The molecule has 0 bridgehead atoms. The van der Waals surface area contributed by atoms with Crippen molar-refractivity contribution < 1.29 is 9.84 Å². The molecule has 0 aliphatic heterocycles. The van der Waals surface area contributed by atoms with Crippen LogP contribution in [0.3, 0.4) is 0 Å². The van der Waals surface area contributed by atoms with E-state index in [1.807, 2.05) is 10.6 Å². The number of hydrogen-bond acceptors (Lipinski definition) is 4. The molecule has 19 heavy (non-hydrogen) atoms. The molecular formula is C12H13BrClN3O2. The average Bonchev–Trinajstić information content (AvgIpc) is 2.81. The molecule has 0 amide bonds. The average molecular weight is 347 g/mol. The summed E-state index contributed by atoms with van der Waals surface area (Å²) in [4.78, 5) is 0. The fraction of sp³-hybridized carbons (Fsp3) is 0.333. The third-order valence-electron chi connectivity index (χ3n) is 2.66. The van der Waals surface area contributed by atoms with Gasteiger partial charge in [-0.05, 0) is 18.2 Å². The molecule has 1 aromatic carbocycles. The molecule has 1 aromatic heterocycles. The van der Waals surface area contributed by atoms with Crippen LogP contribution in [0, 0.1) is 0 Å². The Labute approximate surface area is 124 Å². The SMILES string of the molecule is COCCn1c(CO)nnc1-c1cc(Cl)ccc1Br. The van der Waals surface area contributed by atoms with Crippen LogP contribution >= 0.6 is 27.5 Å². The van der Waals surface area contributed by atoms with Crippen LogP contribution in [0.15, 0.2) is 22.7 Å². The Bertz CT molecular complexity index is 574. The summed E-state index contributed by atoms with van der Waals surface area (Å²) < 4.78 is 7.75. The molecule has 7 heteroatoms. The number of nitrogens with zero attached hydrogens (tertiary/aromatic N) is 3. The maximum atomic E-state index is 9.30. The van der Waals surface area contributed by atoms with Crippen LogP contribution in [0.25, 0.3) is 11.4 Å². The first kappa shape index (κ1) is 14.5. The Balaban J connectivity index is 2.49. The summed E-state index contributed by atoms with van der Waals surface area (Å²) in [5, 5.41) is 18.0. The number of aliphatic hydroxyl groups is 1. The predicted molar refractivity (Wildman–Crippen MR) is 76.0 cm³/mol. The lowest BCUT2D eigenvalue weighted by atomic mass is 10.2. The monoisotopic (exact) mass is 345 g/mol. The molecule has 0 fully saturated rings. The molecule has 5 nitrogen and oxygen atoms in total. The van der Waals surface area contributed by atoms with Crippen molar-refractivity contribution >= 4 is 27.5 Å². The van der Waals surface area contributed by atoms with Crippen LogP contribution < -0.4 is 0 Å². The second-order valence-electron chi connectivity index (χ2n) is 3.87. The van der Waals surface area contributed by atoms with Gasteiger partial charge in [-0.1, -0.05) is 27.5 Å². The maximum absolute atomic E-state index is 9.30. The van der Waals surface area contributed by atoms with Gasteiger partial charge in [0.2, 0.25) is 0 Å². The standard InChI is InChI=1S/C12H13BrClN3O2/c1-19-5-4-17-11(7-18)15-16-12(17)9-6-8(14)2-3-10(9)13/h2-3,6,18H,4-5,7H2,1H3. The first-order valence-corrected chi connectivity index (χ1v) is 6.81. The minimum absolute atomic E-state index is 0.172. The molecule has 2 rings (SSSR count). The highest BCUT2D eigenvalue weighted by Crippen LogP contribution is 2.30. The molecule has 102 valence electrons. The predicted octanol–water partition coefficient (Wildman–Crippen LogP) is 2.50. The maximum Gasteiger partial charge on any atom is 0.165 e. The summed E-state index contributed by atoms with van der Waals surface area (Å²) in [6, 6.07) is 5.45. The van der Waals surface area contributed by atoms with E-state index in [0.29, 0.717) is 29.8 Å². The van der Waals surface area contributed by atoms with E-state index < -0.39 is 0 Å². The van der Waals surface area contributed by atoms with E-state index in [2.05, 4.69) is 26.1 Å². The van der Waals surface area contributed by atoms with Crippen LogP contribution in [0.2, 0.25) is 5.02 Å². The van der Waals surface area contributed by atoms with E-state index in [1.54, 1.807) is 19.2 Å². The van der Waals surface area contributed by atoms with Gasteiger partial charge in [0.05, 0.1) is 6.61 Å². The molecule has 0 unspecified atom stereocenters. The number of ether oxygens (including phenoxy) is 1. The number of benzene rings is 1. The molecule has 1 heterocycles. The van der Waals surface area contributed by atoms with Crippen molar-refractivity contribution in [3.63, 3.8) is 0 Å². The van der Waals surface area contributed by atoms with Crippen LogP contribution in [0.1, 0.15) is 5.82 Å². The molecule has 2 aromatic rings. The molecular weight excluding hydrogens is 334 g/mol. The van der Waals surface area contributed by atoms with Gasteiger partial charge in [0, 0.05) is 28.7 Å². The fourth-order valence-electron chi connectivity index (χ4n) is 1.74. The van der Waals surface area contributed by atoms with Crippen molar-refractivity contribution in [2.24, 2.45) is 0 Å². The Kier molecular flexibility index (Phi) is 4.93. The molecule has 0 aliphatic rings. The molecule has 0 saturated heterocycles. The van der Waals surface area contributed by atoms with E-state index in [1.165, 1.54) is 0 Å². The normalized spacial score (nSPS) is 10.9. The third-order valence-corrected chi connectivity index (χ3v) is 3.58. The summed E-state index contributed by atoms with van der Waals surface area (Å²) in [6.07, 6.45) is 0. The Morgan fingerprint density at radius 1 is 1.42 bits per heavy atom. The lowest BCUT2D eigenvalue weighted by Crippen LogP contribution is -2.10. The van der Waals surface area contributed by atoms with Crippen LogP contribution in [-0.2, 0) is 17.9 Å². The largest absolute Gasteiger partial charge is 0.388 e. The van der Waals surface area contributed by atoms with E-state index in [9.17, 15) is 5.11 Å². The Hall–Kier alpha value is -0.950. The number of aromatic nitrogens is 3. The first-order valence-electron chi connectivity index (χ1n) is 5.64. The molecule has 0 saturated carbocycles. The van der Waals surface area contributed by atoms with Crippen molar-refractivity contribution in [1.82, 2.24) is 14.8 Å². The van der Waals surface area contributed by atoms with E-state index in [4.69, 9.17) is 16.3 Å². The number of aliphatic hydroxyl groups excluding tert-OH is 1. The number of hydrogen-bond donors (Lipinski definition) is 1. The fourth-order valence-corrected chi connectivity index (χ4v) is 2.33. The quantitative estimate of drug-likeness (QED) is 0.903. The topological polar surface area (TPSA) is 60.2 Å². The highest BCUT2D eigenvalue weighted by Gasteiger charge is 2.15. The smallest absolute Gasteiger partial charge is 0.165 e.